The highest BCUT2D eigenvalue weighted by Gasteiger charge is 2.44. The Kier molecular flexibility index (Phi) is 71.5. The van der Waals surface area contributed by atoms with Crippen molar-refractivity contribution >= 4 is 5.97 Å². The maximum atomic E-state index is 12.1. The quantitative estimate of drug-likeness (QED) is 0.0433. The third kappa shape index (κ3) is 62.4. The fraction of sp³-hybridized carbons (Fsp3) is 0.953. The maximum Gasteiger partial charge on any atom is 0.305 e. The number of carbonyl (C=O) groups is 1. The molecule has 0 aromatic rings. The van der Waals surface area contributed by atoms with Crippen molar-refractivity contribution < 1.29 is 124 Å². The molecule has 0 saturated carbocycles. The summed E-state index contributed by atoms with van der Waals surface area (Å²) in [6, 6.07) is 0. The van der Waals surface area contributed by atoms with E-state index < -0.39 is 24.4 Å². The van der Waals surface area contributed by atoms with Crippen LogP contribution in [0.15, 0.2) is 12.2 Å². The Hall–Kier alpha value is -1.75. The molecule has 0 spiro atoms. The molecule has 1 aliphatic heterocycles. The second-order valence-corrected chi connectivity index (χ2v) is 20.6. The van der Waals surface area contributed by atoms with Gasteiger partial charge in [-0.1, -0.05) is 70.4 Å². The van der Waals surface area contributed by atoms with Crippen LogP contribution in [0.25, 0.3) is 0 Å². The first-order valence-electron chi connectivity index (χ1n) is 33.6. The highest BCUT2D eigenvalue weighted by atomic mass is 16.6. The molecule has 26 heteroatoms. The van der Waals surface area contributed by atoms with Crippen LogP contribution < -0.4 is 0 Å². The molecule has 1 heterocycles. The summed E-state index contributed by atoms with van der Waals surface area (Å²) in [6.45, 7) is 16.0. The lowest BCUT2D eigenvalue weighted by Crippen LogP contribution is -2.46. The summed E-state index contributed by atoms with van der Waals surface area (Å²) in [5.74, 6) is -0.170. The average Bonchev–Trinajstić information content (AvgIpc) is 2.05. The van der Waals surface area contributed by atoms with Gasteiger partial charge in [0.25, 0.3) is 0 Å². The van der Waals surface area contributed by atoms with Gasteiger partial charge in [-0.25, -0.2) is 0 Å². The fourth-order valence-corrected chi connectivity index (χ4v) is 8.45. The monoisotopic (exact) mass is 1310 g/mol. The van der Waals surface area contributed by atoms with Crippen LogP contribution in [0.1, 0.15) is 96.8 Å². The molecule has 90 heavy (non-hydrogen) atoms. The number of unbranched alkanes of at least 4 members (excludes halogenated alkanes) is 11. The normalized spacial score (nSPS) is 15.5. The number of carbonyl (C=O) groups excluding carboxylic acids is 1. The van der Waals surface area contributed by atoms with Gasteiger partial charge in [0.15, 0.2) is 0 Å². The number of ether oxygens (including phenoxy) is 22. The second kappa shape index (κ2) is 74.6. The molecule has 3 N–H and O–H groups in total. The predicted octanol–water partition coefficient (Wildman–Crippen LogP) is 4.38. The van der Waals surface area contributed by atoms with Gasteiger partial charge in [0.2, 0.25) is 0 Å². The molecule has 0 aromatic carbocycles. The molecule has 4 unspecified atom stereocenters. The van der Waals surface area contributed by atoms with Crippen LogP contribution in [0.4, 0.5) is 0 Å². The van der Waals surface area contributed by atoms with Crippen LogP contribution in [0.5, 0.6) is 0 Å². The Morgan fingerprint density at radius 3 is 1.07 bits per heavy atom. The van der Waals surface area contributed by atoms with Gasteiger partial charge in [-0.15, -0.1) is 0 Å². The lowest BCUT2D eigenvalue weighted by atomic mass is 10.1. The van der Waals surface area contributed by atoms with E-state index in [0.717, 1.165) is 25.7 Å². The summed E-state index contributed by atoms with van der Waals surface area (Å²) >= 11 is 0. The zero-order valence-corrected chi connectivity index (χ0v) is 55.3. The summed E-state index contributed by atoms with van der Waals surface area (Å²) in [4.78, 5) is 12.1. The van der Waals surface area contributed by atoms with Gasteiger partial charge in [0, 0.05) is 6.42 Å². The van der Waals surface area contributed by atoms with E-state index in [2.05, 4.69) is 19.1 Å². The Bertz CT molecular complexity index is 1420. The van der Waals surface area contributed by atoms with Gasteiger partial charge in [-0.3, -0.25) is 4.79 Å². The Morgan fingerprint density at radius 2 is 0.678 bits per heavy atom. The lowest BCUT2D eigenvalue weighted by molar-refractivity contribution is -0.145. The van der Waals surface area contributed by atoms with E-state index in [1.165, 1.54) is 57.8 Å². The van der Waals surface area contributed by atoms with Crippen LogP contribution in [-0.4, -0.2) is 323 Å². The topological polar surface area (TPSA) is 281 Å². The third-order valence-electron chi connectivity index (χ3n) is 13.1. The van der Waals surface area contributed by atoms with Crippen LogP contribution >= 0.6 is 0 Å². The van der Waals surface area contributed by atoms with E-state index in [1.807, 2.05) is 0 Å². The largest absolute Gasteiger partial charge is 0.463 e. The molecular weight excluding hydrogens is 1180 g/mol. The summed E-state index contributed by atoms with van der Waals surface area (Å²) in [7, 11) is 0. The van der Waals surface area contributed by atoms with Crippen molar-refractivity contribution in [1.82, 2.24) is 0 Å². The minimum atomic E-state index is -0.563. The molecule has 0 radical (unpaired) electrons. The van der Waals surface area contributed by atoms with Crippen molar-refractivity contribution in [3.8, 4) is 0 Å². The highest BCUT2D eigenvalue weighted by molar-refractivity contribution is 5.69. The summed E-state index contributed by atoms with van der Waals surface area (Å²) in [5.41, 5.74) is 0. The summed E-state index contributed by atoms with van der Waals surface area (Å²) in [6.07, 6.45) is 18.9. The molecule has 1 rings (SSSR count). The highest BCUT2D eigenvalue weighted by Crippen LogP contribution is 2.26. The molecule has 0 bridgehead atoms. The average molecular weight is 1310 g/mol. The van der Waals surface area contributed by atoms with Crippen molar-refractivity contribution in [3.05, 3.63) is 12.2 Å². The molecule has 1 saturated heterocycles. The molecule has 0 aromatic heterocycles. The van der Waals surface area contributed by atoms with Gasteiger partial charge in [-0.05, 0) is 32.1 Å². The molecule has 1 aliphatic rings. The predicted molar refractivity (Wildman–Crippen MR) is 335 cm³/mol. The Balaban J connectivity index is 2.47. The first-order chi connectivity index (χ1) is 44.7. The second-order valence-electron chi connectivity index (χ2n) is 20.6. The summed E-state index contributed by atoms with van der Waals surface area (Å²) in [5, 5.41) is 26.4. The van der Waals surface area contributed by atoms with Gasteiger partial charge in [0.1, 0.15) is 31.0 Å². The van der Waals surface area contributed by atoms with Crippen LogP contribution in [0, 0.1) is 0 Å². The van der Waals surface area contributed by atoms with E-state index in [4.69, 9.17) is 120 Å². The van der Waals surface area contributed by atoms with Gasteiger partial charge in [0.05, 0.1) is 271 Å². The van der Waals surface area contributed by atoms with Crippen molar-refractivity contribution in [2.75, 3.05) is 277 Å². The van der Waals surface area contributed by atoms with Crippen molar-refractivity contribution in [1.29, 1.82) is 0 Å². The first-order valence-corrected chi connectivity index (χ1v) is 33.6. The number of aliphatic hydroxyl groups is 3. The van der Waals surface area contributed by atoms with Gasteiger partial charge in [-0.2, -0.15) is 0 Å². The van der Waals surface area contributed by atoms with E-state index in [1.54, 1.807) is 0 Å². The smallest absolute Gasteiger partial charge is 0.305 e. The zero-order valence-electron chi connectivity index (χ0n) is 55.3. The SMILES string of the molecule is CCCCCCCCC=CCCCCCCCC(=O)OCCOCCOCCOCCOCCOCC(OCCOCCOCCOCCOCCO)C1OCC(OCCOCCOCCOCCOCCO)C1OCCOCCOCCOCCOCCO. The van der Waals surface area contributed by atoms with E-state index in [0.29, 0.717) is 205 Å². The van der Waals surface area contributed by atoms with Crippen LogP contribution in [-0.2, 0) is 109 Å². The number of rotatable bonds is 78. The molecule has 0 aliphatic carbocycles. The van der Waals surface area contributed by atoms with Crippen molar-refractivity contribution in [2.45, 2.75) is 121 Å². The first kappa shape index (κ1) is 86.3. The number of hydrogen-bond donors (Lipinski definition) is 3. The molecule has 26 nitrogen and oxygen atoms in total. The number of hydrogen-bond acceptors (Lipinski definition) is 26. The molecule has 1 fully saturated rings. The zero-order chi connectivity index (χ0) is 64.5. The molecular formula is C64H124O26. The van der Waals surface area contributed by atoms with Crippen LogP contribution in [0.2, 0.25) is 0 Å². The van der Waals surface area contributed by atoms with Crippen LogP contribution in [0.3, 0.4) is 0 Å². The fourth-order valence-electron chi connectivity index (χ4n) is 8.45. The standard InChI is InChI=1S/C64H124O26/c1-2-3-4-5-6-7-8-9-10-11-12-13-14-15-16-17-62(68)88-56-52-83-46-42-78-37-36-75-38-39-80-48-49-85-58-60(86-54-50-81-44-40-76-33-30-72-27-24-69-21-18-65)64-63(89-57-53-84-47-43-79-35-32-74-29-26-71-23-20-67)61(59-90-64)87-55-51-82-45-41-77-34-31-73-28-25-70-22-19-66/h9-10,60-61,63-67H,2-8,11-59H2,1H3. The van der Waals surface area contributed by atoms with E-state index in [9.17, 15) is 4.79 Å². The maximum absolute atomic E-state index is 12.1. The molecule has 0 amide bonds. The number of esters is 1. The minimum absolute atomic E-state index is 0.0182. The van der Waals surface area contributed by atoms with Crippen molar-refractivity contribution in [2.24, 2.45) is 0 Å². The number of aliphatic hydroxyl groups excluding tert-OH is 3. The van der Waals surface area contributed by atoms with E-state index >= 15 is 0 Å². The number of allylic oxidation sites excluding steroid dienone is 2. The van der Waals surface area contributed by atoms with Gasteiger partial charge >= 0.3 is 5.97 Å². The van der Waals surface area contributed by atoms with E-state index in [-0.39, 0.29) is 85.3 Å². The minimum Gasteiger partial charge on any atom is -0.463 e. The third-order valence-corrected chi connectivity index (χ3v) is 13.1. The molecule has 4 atom stereocenters. The lowest BCUT2D eigenvalue weighted by Gasteiger charge is -2.29. The van der Waals surface area contributed by atoms with Crippen molar-refractivity contribution in [3.63, 3.8) is 0 Å². The summed E-state index contributed by atoms with van der Waals surface area (Å²) < 4.78 is 126. The molecule has 536 valence electrons. The Morgan fingerprint density at radius 1 is 0.367 bits per heavy atom. The Labute approximate surface area is 539 Å². The van der Waals surface area contributed by atoms with Gasteiger partial charge < -0.3 is 120 Å².